The highest BCUT2D eigenvalue weighted by Gasteiger charge is 2.12. The molecule has 0 radical (unpaired) electrons. The molecule has 1 aromatic rings. The van der Waals surface area contributed by atoms with Crippen LogP contribution in [-0.2, 0) is 4.79 Å². The summed E-state index contributed by atoms with van der Waals surface area (Å²) in [6.07, 6.45) is 0. The summed E-state index contributed by atoms with van der Waals surface area (Å²) in [5.74, 6) is -1.69. The van der Waals surface area contributed by atoms with Gasteiger partial charge in [0, 0.05) is 6.07 Å². The van der Waals surface area contributed by atoms with Crippen LogP contribution in [0.1, 0.15) is 0 Å². The van der Waals surface area contributed by atoms with E-state index < -0.39 is 17.3 Å². The number of hydrogen-bond donors (Lipinski definition) is 3. The third kappa shape index (κ3) is 3.25. The number of aliphatic carboxylic acids is 1. The number of rotatable bonds is 5. The molecule has 0 saturated carbocycles. The van der Waals surface area contributed by atoms with Crippen LogP contribution in [0.25, 0.3) is 0 Å². The van der Waals surface area contributed by atoms with Gasteiger partial charge >= 0.3 is 5.97 Å². The number of benzene rings is 1. The van der Waals surface area contributed by atoms with Crippen LogP contribution in [0.15, 0.2) is 18.2 Å². The standard InChI is InChI=1S/C9H10ClFN2O3/c1-16-7-3-2-5(4-6(7)11)12-13-8(10)9(14)15/h2-4,8,12-13H,1H3,(H,14,15). The molecule has 1 unspecified atom stereocenters. The van der Waals surface area contributed by atoms with Crippen molar-refractivity contribution in [3.8, 4) is 5.75 Å². The Bertz CT molecular complexity index is 389. The maximum Gasteiger partial charge on any atom is 0.337 e. The fourth-order valence-electron chi connectivity index (χ4n) is 0.953. The monoisotopic (exact) mass is 248 g/mol. The molecular formula is C9H10ClFN2O3. The van der Waals surface area contributed by atoms with Crippen molar-refractivity contribution in [3.63, 3.8) is 0 Å². The van der Waals surface area contributed by atoms with Gasteiger partial charge in [-0.3, -0.25) is 0 Å². The Morgan fingerprint density at radius 1 is 1.62 bits per heavy atom. The van der Waals surface area contributed by atoms with Crippen LogP contribution < -0.4 is 15.6 Å². The summed E-state index contributed by atoms with van der Waals surface area (Å²) in [5.41, 5.74) is 3.77. The highest BCUT2D eigenvalue weighted by atomic mass is 35.5. The van der Waals surface area contributed by atoms with Crippen molar-refractivity contribution < 1.29 is 19.0 Å². The summed E-state index contributed by atoms with van der Waals surface area (Å²) >= 11 is 5.37. The zero-order valence-corrected chi connectivity index (χ0v) is 9.08. The molecule has 3 N–H and O–H groups in total. The van der Waals surface area contributed by atoms with Gasteiger partial charge in [-0.25, -0.2) is 14.6 Å². The van der Waals surface area contributed by atoms with Gasteiger partial charge in [-0.2, -0.15) is 0 Å². The van der Waals surface area contributed by atoms with E-state index >= 15 is 0 Å². The molecule has 0 heterocycles. The van der Waals surface area contributed by atoms with Crippen LogP contribution in [0.4, 0.5) is 10.1 Å². The van der Waals surface area contributed by atoms with Gasteiger partial charge in [0.15, 0.2) is 17.1 Å². The number of halogens is 2. The Balaban J connectivity index is 2.62. The zero-order chi connectivity index (χ0) is 12.1. The number of methoxy groups -OCH3 is 1. The molecule has 0 bridgehead atoms. The first-order chi connectivity index (χ1) is 7.54. The van der Waals surface area contributed by atoms with Crippen molar-refractivity contribution in [3.05, 3.63) is 24.0 Å². The average molecular weight is 249 g/mol. The summed E-state index contributed by atoms with van der Waals surface area (Å²) in [7, 11) is 1.35. The van der Waals surface area contributed by atoms with Crippen molar-refractivity contribution in [1.82, 2.24) is 5.43 Å². The molecule has 88 valence electrons. The van der Waals surface area contributed by atoms with E-state index in [1.54, 1.807) is 0 Å². The molecule has 0 spiro atoms. The van der Waals surface area contributed by atoms with Gasteiger partial charge in [0.1, 0.15) is 0 Å². The van der Waals surface area contributed by atoms with E-state index in [1.165, 1.54) is 19.2 Å². The molecule has 0 aliphatic heterocycles. The van der Waals surface area contributed by atoms with Crippen molar-refractivity contribution in [2.45, 2.75) is 5.50 Å². The summed E-state index contributed by atoms with van der Waals surface area (Å²) in [6.45, 7) is 0. The first-order valence-corrected chi connectivity index (χ1v) is 4.70. The summed E-state index contributed by atoms with van der Waals surface area (Å²) in [5, 5.41) is 8.47. The van der Waals surface area contributed by atoms with Crippen molar-refractivity contribution in [2.75, 3.05) is 12.5 Å². The number of hydrogen-bond acceptors (Lipinski definition) is 4. The number of carbonyl (C=O) groups is 1. The van der Waals surface area contributed by atoms with Gasteiger partial charge < -0.3 is 15.3 Å². The maximum absolute atomic E-state index is 13.2. The first-order valence-electron chi connectivity index (χ1n) is 4.26. The lowest BCUT2D eigenvalue weighted by Gasteiger charge is -2.11. The molecule has 1 atom stereocenters. The second-order valence-corrected chi connectivity index (χ2v) is 3.26. The normalized spacial score (nSPS) is 11.9. The minimum absolute atomic E-state index is 0.103. The molecule has 1 aromatic carbocycles. The lowest BCUT2D eigenvalue weighted by Crippen LogP contribution is -2.35. The number of carboxylic acid groups (broad SMARTS) is 1. The maximum atomic E-state index is 13.2. The number of alkyl halides is 1. The molecule has 5 nitrogen and oxygen atoms in total. The zero-order valence-electron chi connectivity index (χ0n) is 8.33. The fraction of sp³-hybridized carbons (Fsp3) is 0.222. The Morgan fingerprint density at radius 3 is 2.81 bits per heavy atom. The SMILES string of the molecule is COc1ccc(NNC(Cl)C(=O)O)cc1F. The molecule has 0 fully saturated rings. The largest absolute Gasteiger partial charge is 0.494 e. The van der Waals surface area contributed by atoms with Crippen molar-refractivity contribution in [2.24, 2.45) is 0 Å². The summed E-state index contributed by atoms with van der Waals surface area (Å²) in [6, 6.07) is 4.07. The molecule has 7 heteroatoms. The number of anilines is 1. The van der Waals surface area contributed by atoms with Crippen LogP contribution in [0.2, 0.25) is 0 Å². The van der Waals surface area contributed by atoms with Crippen LogP contribution in [0, 0.1) is 5.82 Å². The lowest BCUT2D eigenvalue weighted by molar-refractivity contribution is -0.137. The van der Waals surface area contributed by atoms with Crippen LogP contribution in [0.3, 0.4) is 0 Å². The fourth-order valence-corrected chi connectivity index (χ4v) is 1.01. The second kappa shape index (κ2) is 5.53. The third-order valence-electron chi connectivity index (χ3n) is 1.71. The van der Waals surface area contributed by atoms with E-state index in [0.717, 1.165) is 6.07 Å². The molecule has 0 saturated heterocycles. The minimum Gasteiger partial charge on any atom is -0.494 e. The Hall–Kier alpha value is -1.53. The van der Waals surface area contributed by atoms with E-state index in [2.05, 4.69) is 10.9 Å². The molecule has 0 amide bonds. The number of carboxylic acids is 1. The van der Waals surface area contributed by atoms with Gasteiger partial charge in [0.2, 0.25) is 0 Å². The highest BCUT2D eigenvalue weighted by Crippen LogP contribution is 2.20. The van der Waals surface area contributed by atoms with Crippen molar-refractivity contribution in [1.29, 1.82) is 0 Å². The highest BCUT2D eigenvalue weighted by molar-refractivity contribution is 6.29. The molecule has 0 aromatic heterocycles. The van der Waals surface area contributed by atoms with Gasteiger partial charge in [-0.15, -0.1) is 0 Å². The molecule has 0 aliphatic carbocycles. The molecule has 16 heavy (non-hydrogen) atoms. The predicted molar refractivity (Wildman–Crippen MR) is 57.0 cm³/mol. The summed E-state index contributed by atoms with van der Waals surface area (Å²) in [4.78, 5) is 10.4. The average Bonchev–Trinajstić information content (AvgIpc) is 2.25. The van der Waals surface area contributed by atoms with Gasteiger partial charge in [-0.05, 0) is 12.1 Å². The second-order valence-electron chi connectivity index (χ2n) is 2.82. The van der Waals surface area contributed by atoms with Crippen LogP contribution >= 0.6 is 11.6 Å². The molecule has 0 aliphatic rings. The Kier molecular flexibility index (Phi) is 4.33. The molecule has 1 rings (SSSR count). The van der Waals surface area contributed by atoms with E-state index in [9.17, 15) is 9.18 Å². The van der Waals surface area contributed by atoms with Crippen LogP contribution in [-0.4, -0.2) is 23.7 Å². The Morgan fingerprint density at radius 2 is 2.31 bits per heavy atom. The van der Waals surface area contributed by atoms with Crippen molar-refractivity contribution >= 4 is 23.3 Å². The van der Waals surface area contributed by atoms with Gasteiger partial charge in [0.25, 0.3) is 0 Å². The number of hydrazine groups is 1. The van der Waals surface area contributed by atoms with Gasteiger partial charge in [0.05, 0.1) is 12.8 Å². The molecular weight excluding hydrogens is 239 g/mol. The number of ether oxygens (including phenoxy) is 1. The van der Waals surface area contributed by atoms with E-state index in [-0.39, 0.29) is 5.75 Å². The van der Waals surface area contributed by atoms with E-state index in [0.29, 0.717) is 5.69 Å². The number of nitrogens with one attached hydrogen (secondary N) is 2. The smallest absolute Gasteiger partial charge is 0.337 e. The van der Waals surface area contributed by atoms with E-state index in [1.807, 2.05) is 0 Å². The van der Waals surface area contributed by atoms with Gasteiger partial charge in [-0.1, -0.05) is 11.6 Å². The third-order valence-corrected chi connectivity index (χ3v) is 2.01. The lowest BCUT2D eigenvalue weighted by atomic mass is 10.3. The minimum atomic E-state index is -1.30. The predicted octanol–water partition coefficient (Wildman–Crippen LogP) is 1.40. The van der Waals surface area contributed by atoms with E-state index in [4.69, 9.17) is 21.4 Å². The van der Waals surface area contributed by atoms with Crippen LogP contribution in [0.5, 0.6) is 5.75 Å². The topological polar surface area (TPSA) is 70.6 Å². The Labute approximate surface area is 96.1 Å². The quantitative estimate of drug-likeness (QED) is 0.417. The summed E-state index contributed by atoms with van der Waals surface area (Å²) < 4.78 is 17.9. The first kappa shape index (κ1) is 12.5.